The lowest BCUT2D eigenvalue weighted by molar-refractivity contribution is -0.139. The second-order valence-corrected chi connectivity index (χ2v) is 4.93. The van der Waals surface area contributed by atoms with Gasteiger partial charge in [-0.2, -0.15) is 0 Å². The number of morpholine rings is 1. The maximum Gasteiger partial charge on any atom is 0.232 e. The van der Waals surface area contributed by atoms with Gasteiger partial charge in [0, 0.05) is 19.6 Å². The number of carbonyl (C=O) groups excluding carboxylic acids is 2. The van der Waals surface area contributed by atoms with E-state index in [4.69, 9.17) is 4.74 Å². The number of amides is 2. The zero-order chi connectivity index (χ0) is 14.4. The van der Waals surface area contributed by atoms with Crippen LogP contribution in [0.25, 0.3) is 0 Å². The van der Waals surface area contributed by atoms with Crippen molar-refractivity contribution in [2.75, 3.05) is 26.3 Å². The SMILES string of the molecule is Cc1ccc(CNC(=O)CC(=O)N2CCOCC2)cc1. The van der Waals surface area contributed by atoms with E-state index in [0.717, 1.165) is 5.56 Å². The van der Waals surface area contributed by atoms with Crippen molar-refractivity contribution in [2.45, 2.75) is 19.9 Å². The van der Waals surface area contributed by atoms with Gasteiger partial charge in [-0.05, 0) is 12.5 Å². The fraction of sp³-hybridized carbons (Fsp3) is 0.467. The summed E-state index contributed by atoms with van der Waals surface area (Å²) in [5, 5.41) is 2.77. The molecule has 0 spiro atoms. The van der Waals surface area contributed by atoms with Crippen LogP contribution in [0.4, 0.5) is 0 Å². The zero-order valence-corrected chi connectivity index (χ0v) is 11.7. The Morgan fingerprint density at radius 1 is 1.20 bits per heavy atom. The van der Waals surface area contributed by atoms with Crippen molar-refractivity contribution < 1.29 is 14.3 Å². The fourth-order valence-corrected chi connectivity index (χ4v) is 2.03. The predicted octanol–water partition coefficient (Wildman–Crippen LogP) is 0.860. The highest BCUT2D eigenvalue weighted by molar-refractivity contribution is 5.96. The van der Waals surface area contributed by atoms with Crippen LogP contribution in [0.1, 0.15) is 17.5 Å². The first kappa shape index (κ1) is 14.5. The molecule has 0 unspecified atom stereocenters. The summed E-state index contributed by atoms with van der Waals surface area (Å²) >= 11 is 0. The third kappa shape index (κ3) is 4.35. The van der Waals surface area contributed by atoms with Crippen molar-refractivity contribution in [1.82, 2.24) is 10.2 Å². The van der Waals surface area contributed by atoms with Gasteiger partial charge in [-0.3, -0.25) is 9.59 Å². The van der Waals surface area contributed by atoms with E-state index in [0.29, 0.717) is 32.8 Å². The molecule has 0 saturated carbocycles. The number of hydrogen-bond acceptors (Lipinski definition) is 3. The van der Waals surface area contributed by atoms with Gasteiger partial charge >= 0.3 is 0 Å². The van der Waals surface area contributed by atoms with Crippen LogP contribution in [0.15, 0.2) is 24.3 Å². The number of carbonyl (C=O) groups is 2. The van der Waals surface area contributed by atoms with E-state index in [1.807, 2.05) is 31.2 Å². The van der Waals surface area contributed by atoms with Crippen LogP contribution in [-0.2, 0) is 20.9 Å². The van der Waals surface area contributed by atoms with E-state index in [1.54, 1.807) is 4.90 Å². The van der Waals surface area contributed by atoms with E-state index in [9.17, 15) is 9.59 Å². The van der Waals surface area contributed by atoms with Crippen molar-refractivity contribution in [3.8, 4) is 0 Å². The first-order valence-electron chi connectivity index (χ1n) is 6.83. The highest BCUT2D eigenvalue weighted by Crippen LogP contribution is 2.03. The molecule has 2 rings (SSSR count). The largest absolute Gasteiger partial charge is 0.378 e. The summed E-state index contributed by atoms with van der Waals surface area (Å²) in [5.41, 5.74) is 2.21. The number of nitrogens with zero attached hydrogens (tertiary/aromatic N) is 1. The monoisotopic (exact) mass is 276 g/mol. The highest BCUT2D eigenvalue weighted by atomic mass is 16.5. The van der Waals surface area contributed by atoms with Crippen molar-refractivity contribution >= 4 is 11.8 Å². The molecule has 0 aliphatic carbocycles. The molecular weight excluding hydrogens is 256 g/mol. The van der Waals surface area contributed by atoms with Crippen molar-refractivity contribution in [1.29, 1.82) is 0 Å². The number of nitrogens with one attached hydrogen (secondary N) is 1. The van der Waals surface area contributed by atoms with Gasteiger partial charge < -0.3 is 15.0 Å². The van der Waals surface area contributed by atoms with Gasteiger partial charge in [0.1, 0.15) is 6.42 Å². The topological polar surface area (TPSA) is 58.6 Å². The molecule has 1 N–H and O–H groups in total. The molecular formula is C15H20N2O3. The van der Waals surface area contributed by atoms with Crippen LogP contribution in [0, 0.1) is 6.92 Å². The van der Waals surface area contributed by atoms with E-state index in [-0.39, 0.29) is 18.2 Å². The highest BCUT2D eigenvalue weighted by Gasteiger charge is 2.19. The van der Waals surface area contributed by atoms with Crippen molar-refractivity contribution in [2.24, 2.45) is 0 Å². The molecule has 1 aliphatic rings. The number of hydrogen-bond donors (Lipinski definition) is 1. The average molecular weight is 276 g/mol. The Hall–Kier alpha value is -1.88. The Kier molecular flexibility index (Phi) is 5.12. The van der Waals surface area contributed by atoms with Crippen molar-refractivity contribution in [3.63, 3.8) is 0 Å². The second kappa shape index (κ2) is 7.05. The van der Waals surface area contributed by atoms with Gasteiger partial charge in [0.25, 0.3) is 0 Å². The molecule has 2 amide bonds. The summed E-state index contributed by atoms with van der Waals surface area (Å²) in [6.07, 6.45) is -0.0914. The molecule has 0 aromatic heterocycles. The molecule has 0 radical (unpaired) electrons. The van der Waals surface area contributed by atoms with E-state index in [2.05, 4.69) is 5.32 Å². The van der Waals surface area contributed by atoms with E-state index >= 15 is 0 Å². The third-order valence-corrected chi connectivity index (χ3v) is 3.29. The smallest absolute Gasteiger partial charge is 0.232 e. The number of ether oxygens (including phenoxy) is 1. The lowest BCUT2D eigenvalue weighted by atomic mass is 10.1. The minimum absolute atomic E-state index is 0.0914. The molecule has 5 nitrogen and oxygen atoms in total. The summed E-state index contributed by atoms with van der Waals surface area (Å²) in [6.45, 7) is 4.72. The Balaban J connectivity index is 1.74. The van der Waals surface area contributed by atoms with Crippen LogP contribution in [0.5, 0.6) is 0 Å². The van der Waals surface area contributed by atoms with Gasteiger partial charge in [0.2, 0.25) is 11.8 Å². The first-order valence-corrected chi connectivity index (χ1v) is 6.83. The Morgan fingerprint density at radius 2 is 1.85 bits per heavy atom. The third-order valence-electron chi connectivity index (χ3n) is 3.29. The minimum Gasteiger partial charge on any atom is -0.378 e. The van der Waals surface area contributed by atoms with E-state index in [1.165, 1.54) is 5.56 Å². The molecule has 1 aromatic rings. The summed E-state index contributed by atoms with van der Waals surface area (Å²) in [5.74, 6) is -0.364. The normalized spacial score (nSPS) is 14.9. The molecule has 1 saturated heterocycles. The first-order chi connectivity index (χ1) is 9.65. The average Bonchev–Trinajstić information content (AvgIpc) is 2.47. The molecule has 5 heteroatoms. The fourth-order valence-electron chi connectivity index (χ4n) is 2.03. The van der Waals surface area contributed by atoms with Crippen LogP contribution >= 0.6 is 0 Å². The Morgan fingerprint density at radius 3 is 2.50 bits per heavy atom. The predicted molar refractivity (Wildman–Crippen MR) is 75.0 cm³/mol. The molecule has 108 valence electrons. The molecule has 0 atom stereocenters. The van der Waals surface area contributed by atoms with Gasteiger partial charge in [0.15, 0.2) is 0 Å². The lowest BCUT2D eigenvalue weighted by Crippen LogP contribution is -2.42. The molecule has 1 aromatic carbocycles. The standard InChI is InChI=1S/C15H20N2O3/c1-12-2-4-13(5-3-12)11-16-14(18)10-15(19)17-6-8-20-9-7-17/h2-5H,6-11H2,1H3,(H,16,18). The second-order valence-electron chi connectivity index (χ2n) is 4.93. The Labute approximate surface area is 118 Å². The number of rotatable bonds is 4. The molecule has 1 aliphatic heterocycles. The Bertz CT molecular complexity index is 465. The van der Waals surface area contributed by atoms with Crippen LogP contribution in [-0.4, -0.2) is 43.0 Å². The van der Waals surface area contributed by atoms with Crippen LogP contribution in [0.3, 0.4) is 0 Å². The molecule has 0 bridgehead atoms. The summed E-state index contributed by atoms with van der Waals surface area (Å²) < 4.78 is 5.18. The summed E-state index contributed by atoms with van der Waals surface area (Å²) in [7, 11) is 0. The molecule has 1 heterocycles. The maximum absolute atomic E-state index is 11.9. The van der Waals surface area contributed by atoms with Gasteiger partial charge in [0.05, 0.1) is 13.2 Å². The quantitative estimate of drug-likeness (QED) is 0.830. The zero-order valence-electron chi connectivity index (χ0n) is 11.7. The van der Waals surface area contributed by atoms with Crippen molar-refractivity contribution in [3.05, 3.63) is 35.4 Å². The van der Waals surface area contributed by atoms with Crippen LogP contribution in [0.2, 0.25) is 0 Å². The van der Waals surface area contributed by atoms with Gasteiger partial charge in [-0.15, -0.1) is 0 Å². The van der Waals surface area contributed by atoms with E-state index < -0.39 is 0 Å². The molecule has 20 heavy (non-hydrogen) atoms. The lowest BCUT2D eigenvalue weighted by Gasteiger charge is -2.26. The van der Waals surface area contributed by atoms with Gasteiger partial charge in [-0.25, -0.2) is 0 Å². The number of benzene rings is 1. The van der Waals surface area contributed by atoms with Crippen LogP contribution < -0.4 is 5.32 Å². The minimum atomic E-state index is -0.234. The van der Waals surface area contributed by atoms with Gasteiger partial charge in [-0.1, -0.05) is 29.8 Å². The summed E-state index contributed by atoms with van der Waals surface area (Å²) in [4.78, 5) is 25.3. The summed E-state index contributed by atoms with van der Waals surface area (Å²) in [6, 6.07) is 7.94. The molecule has 1 fully saturated rings. The maximum atomic E-state index is 11.9. The number of aryl methyl sites for hydroxylation is 1.